The van der Waals surface area contributed by atoms with Crippen molar-refractivity contribution in [2.75, 3.05) is 7.05 Å². The van der Waals surface area contributed by atoms with Crippen LogP contribution in [0.5, 0.6) is 0 Å². The van der Waals surface area contributed by atoms with Crippen molar-refractivity contribution in [3.8, 4) is 0 Å². The Morgan fingerprint density at radius 2 is 2.00 bits per heavy atom. The van der Waals surface area contributed by atoms with Gasteiger partial charge in [0.25, 0.3) is 0 Å². The highest BCUT2D eigenvalue weighted by molar-refractivity contribution is 5.90. The van der Waals surface area contributed by atoms with Crippen molar-refractivity contribution in [1.82, 2.24) is 5.32 Å². The maximum absolute atomic E-state index is 11.4. The standard InChI is InChI=1S/C10H17NO/c1-11-8-2-5-10(6-3-8)7-4-9(10)12/h8,11H,2-7H2,1H3. The number of hydrogen-bond donors (Lipinski definition) is 1. The number of ketones is 1. The van der Waals surface area contributed by atoms with Crippen LogP contribution in [0.15, 0.2) is 0 Å². The zero-order chi connectivity index (χ0) is 8.60. The van der Waals surface area contributed by atoms with Crippen molar-refractivity contribution in [1.29, 1.82) is 0 Å². The van der Waals surface area contributed by atoms with Gasteiger partial charge in [0.15, 0.2) is 0 Å². The van der Waals surface area contributed by atoms with Crippen LogP contribution in [0.3, 0.4) is 0 Å². The third kappa shape index (κ3) is 1.09. The van der Waals surface area contributed by atoms with Gasteiger partial charge in [-0.2, -0.15) is 0 Å². The topological polar surface area (TPSA) is 29.1 Å². The van der Waals surface area contributed by atoms with Crippen LogP contribution >= 0.6 is 0 Å². The minimum Gasteiger partial charge on any atom is -0.317 e. The lowest BCUT2D eigenvalue weighted by molar-refractivity contribution is -0.141. The normalized spacial score (nSPS) is 41.4. The molecule has 0 aromatic heterocycles. The van der Waals surface area contributed by atoms with E-state index in [9.17, 15) is 4.79 Å². The fourth-order valence-corrected chi connectivity index (χ4v) is 2.57. The van der Waals surface area contributed by atoms with Crippen LogP contribution in [-0.4, -0.2) is 18.9 Å². The van der Waals surface area contributed by atoms with E-state index < -0.39 is 0 Å². The Labute approximate surface area is 73.7 Å². The van der Waals surface area contributed by atoms with E-state index in [1.165, 1.54) is 19.3 Å². The first-order valence-electron chi connectivity index (χ1n) is 4.97. The summed E-state index contributed by atoms with van der Waals surface area (Å²) >= 11 is 0. The summed E-state index contributed by atoms with van der Waals surface area (Å²) in [6.07, 6.45) is 6.69. The van der Waals surface area contributed by atoms with Gasteiger partial charge in [-0.15, -0.1) is 0 Å². The van der Waals surface area contributed by atoms with Crippen molar-refractivity contribution in [3.05, 3.63) is 0 Å². The predicted octanol–water partition coefficient (Wildman–Crippen LogP) is 1.50. The monoisotopic (exact) mass is 167 g/mol. The number of Topliss-reactive ketones (excluding diaryl/α,β-unsaturated/α-hetero) is 1. The summed E-state index contributed by atoms with van der Waals surface area (Å²) in [4.78, 5) is 11.4. The number of carbonyl (C=O) groups is 1. The molecular weight excluding hydrogens is 150 g/mol. The van der Waals surface area contributed by atoms with Crippen LogP contribution < -0.4 is 5.32 Å². The van der Waals surface area contributed by atoms with Gasteiger partial charge in [0, 0.05) is 17.9 Å². The molecule has 1 N–H and O–H groups in total. The Balaban J connectivity index is 1.93. The molecule has 2 heteroatoms. The fraction of sp³-hybridized carbons (Fsp3) is 0.900. The van der Waals surface area contributed by atoms with Crippen LogP contribution in [0.4, 0.5) is 0 Å². The molecule has 2 aliphatic carbocycles. The fourth-order valence-electron chi connectivity index (χ4n) is 2.57. The molecule has 12 heavy (non-hydrogen) atoms. The predicted molar refractivity (Wildman–Crippen MR) is 48.0 cm³/mol. The SMILES string of the molecule is CNC1CCC2(CCC2=O)CC1. The zero-order valence-corrected chi connectivity index (χ0v) is 7.73. The van der Waals surface area contributed by atoms with Crippen LogP contribution in [0.25, 0.3) is 0 Å². The molecule has 2 nitrogen and oxygen atoms in total. The van der Waals surface area contributed by atoms with Crippen molar-refractivity contribution < 1.29 is 4.79 Å². The minimum absolute atomic E-state index is 0.160. The molecule has 68 valence electrons. The van der Waals surface area contributed by atoms with E-state index in [1.54, 1.807) is 0 Å². The number of hydrogen-bond acceptors (Lipinski definition) is 2. The van der Waals surface area contributed by atoms with Gasteiger partial charge in [-0.1, -0.05) is 0 Å². The molecule has 0 atom stereocenters. The van der Waals surface area contributed by atoms with Crippen LogP contribution in [0.2, 0.25) is 0 Å². The summed E-state index contributed by atoms with van der Waals surface area (Å²) in [5, 5.41) is 3.29. The van der Waals surface area contributed by atoms with Gasteiger partial charge in [0.05, 0.1) is 0 Å². The van der Waals surface area contributed by atoms with Crippen LogP contribution in [0.1, 0.15) is 38.5 Å². The van der Waals surface area contributed by atoms with Gasteiger partial charge in [0.2, 0.25) is 0 Å². The third-order valence-corrected chi connectivity index (χ3v) is 3.77. The smallest absolute Gasteiger partial charge is 0.139 e. The average Bonchev–Trinajstić information content (AvgIpc) is 2.16. The van der Waals surface area contributed by atoms with E-state index in [0.29, 0.717) is 11.8 Å². The molecule has 2 rings (SSSR count). The van der Waals surface area contributed by atoms with Gasteiger partial charge in [-0.05, 0) is 39.2 Å². The molecule has 0 radical (unpaired) electrons. The van der Waals surface area contributed by atoms with E-state index in [2.05, 4.69) is 5.32 Å². The second-order valence-corrected chi connectivity index (χ2v) is 4.27. The Morgan fingerprint density at radius 3 is 2.33 bits per heavy atom. The number of carbonyl (C=O) groups excluding carboxylic acids is 1. The minimum atomic E-state index is 0.160. The molecule has 1 spiro atoms. The van der Waals surface area contributed by atoms with Crippen molar-refractivity contribution in [2.24, 2.45) is 5.41 Å². The van der Waals surface area contributed by atoms with Crippen LogP contribution in [-0.2, 0) is 4.79 Å². The van der Waals surface area contributed by atoms with Gasteiger partial charge in [-0.3, -0.25) is 4.79 Å². The molecule has 2 saturated carbocycles. The van der Waals surface area contributed by atoms with E-state index >= 15 is 0 Å². The largest absolute Gasteiger partial charge is 0.317 e. The first-order valence-corrected chi connectivity index (χ1v) is 4.97. The summed E-state index contributed by atoms with van der Waals surface area (Å²) < 4.78 is 0. The molecule has 0 unspecified atom stereocenters. The van der Waals surface area contributed by atoms with Gasteiger partial charge < -0.3 is 5.32 Å². The lowest BCUT2D eigenvalue weighted by Gasteiger charge is -2.45. The van der Waals surface area contributed by atoms with Crippen molar-refractivity contribution in [3.63, 3.8) is 0 Å². The third-order valence-electron chi connectivity index (χ3n) is 3.77. The van der Waals surface area contributed by atoms with E-state index in [-0.39, 0.29) is 5.41 Å². The average molecular weight is 167 g/mol. The lowest BCUT2D eigenvalue weighted by atomic mass is 9.59. The summed E-state index contributed by atoms with van der Waals surface area (Å²) in [5.74, 6) is 0.539. The Bertz CT molecular complexity index is 192. The van der Waals surface area contributed by atoms with Gasteiger partial charge in [-0.25, -0.2) is 0 Å². The molecule has 0 saturated heterocycles. The van der Waals surface area contributed by atoms with Crippen molar-refractivity contribution in [2.45, 2.75) is 44.6 Å². The van der Waals surface area contributed by atoms with E-state index in [0.717, 1.165) is 19.3 Å². The van der Waals surface area contributed by atoms with E-state index in [1.807, 2.05) is 7.05 Å². The zero-order valence-electron chi connectivity index (χ0n) is 7.73. The molecular formula is C10H17NO. The number of nitrogens with one attached hydrogen (secondary N) is 1. The van der Waals surface area contributed by atoms with Gasteiger partial charge >= 0.3 is 0 Å². The molecule has 0 amide bonds. The first kappa shape index (κ1) is 8.24. The maximum Gasteiger partial charge on any atom is 0.139 e. The highest BCUT2D eigenvalue weighted by Crippen LogP contribution is 2.48. The highest BCUT2D eigenvalue weighted by Gasteiger charge is 2.47. The van der Waals surface area contributed by atoms with Gasteiger partial charge in [0.1, 0.15) is 5.78 Å². The second kappa shape index (κ2) is 2.84. The summed E-state index contributed by atoms with van der Waals surface area (Å²) in [6, 6.07) is 0.670. The second-order valence-electron chi connectivity index (χ2n) is 4.27. The van der Waals surface area contributed by atoms with E-state index in [4.69, 9.17) is 0 Å². The molecule has 0 aliphatic heterocycles. The molecule has 2 aliphatic rings. The Kier molecular flexibility index (Phi) is 1.95. The summed E-state index contributed by atoms with van der Waals surface area (Å²) in [7, 11) is 2.02. The van der Waals surface area contributed by atoms with Crippen molar-refractivity contribution >= 4 is 5.78 Å². The quantitative estimate of drug-likeness (QED) is 0.641. The maximum atomic E-state index is 11.4. The Morgan fingerprint density at radius 1 is 1.33 bits per heavy atom. The lowest BCUT2D eigenvalue weighted by Crippen LogP contribution is -2.46. The first-order chi connectivity index (χ1) is 5.77. The van der Waals surface area contributed by atoms with Crippen LogP contribution in [0, 0.1) is 5.41 Å². The number of rotatable bonds is 1. The summed E-state index contributed by atoms with van der Waals surface area (Å²) in [6.45, 7) is 0. The summed E-state index contributed by atoms with van der Waals surface area (Å²) in [5.41, 5.74) is 0.160. The molecule has 0 aromatic carbocycles. The highest BCUT2D eigenvalue weighted by atomic mass is 16.1. The molecule has 0 aromatic rings. The molecule has 0 heterocycles. The molecule has 2 fully saturated rings. The molecule has 0 bridgehead atoms. The Hall–Kier alpha value is -0.370.